The average molecular weight is 510 g/mol. The highest BCUT2D eigenvalue weighted by Crippen LogP contribution is 2.60. The first kappa shape index (κ1) is 24.8. The zero-order chi connectivity index (χ0) is 25.2. The summed E-state index contributed by atoms with van der Waals surface area (Å²) in [6.45, 7) is 3.88. The Morgan fingerprint density at radius 2 is 1.80 bits per heavy atom. The van der Waals surface area contributed by atoms with Crippen LogP contribution in [0.15, 0.2) is 78.9 Å². The molecule has 3 atom stereocenters. The molecule has 0 heterocycles. The van der Waals surface area contributed by atoms with Crippen molar-refractivity contribution in [2.24, 2.45) is 17.3 Å². The first-order chi connectivity index (χ1) is 16.7. The number of carbonyl (C=O) groups excluding carboxylic acids is 1. The Labute approximate surface area is 213 Å². The van der Waals surface area contributed by atoms with Crippen molar-refractivity contribution in [2.75, 3.05) is 0 Å². The lowest BCUT2D eigenvalue weighted by atomic mass is 10.1. The lowest BCUT2D eigenvalue weighted by Crippen LogP contribution is -2.14. The van der Waals surface area contributed by atoms with Crippen LogP contribution in [0.2, 0.25) is 5.02 Å². The second kappa shape index (κ2) is 10.1. The maximum atomic E-state index is 14.3. The third-order valence-corrected chi connectivity index (χ3v) is 6.79. The van der Waals surface area contributed by atoms with Crippen molar-refractivity contribution in [3.05, 3.63) is 101 Å². The van der Waals surface area contributed by atoms with Gasteiger partial charge in [0, 0.05) is 15.6 Å². The van der Waals surface area contributed by atoms with E-state index in [2.05, 4.69) is 0 Å². The third kappa shape index (κ3) is 5.51. The number of esters is 1. The zero-order valence-corrected chi connectivity index (χ0v) is 20.6. The van der Waals surface area contributed by atoms with Crippen LogP contribution in [0.25, 0.3) is 5.03 Å². The van der Waals surface area contributed by atoms with Crippen LogP contribution in [0.5, 0.6) is 11.5 Å². The van der Waals surface area contributed by atoms with Gasteiger partial charge in [-0.05, 0) is 53.3 Å². The Morgan fingerprint density at radius 3 is 2.46 bits per heavy atom. The minimum atomic E-state index is -1.21. The van der Waals surface area contributed by atoms with Gasteiger partial charge in [0.25, 0.3) is 0 Å². The Morgan fingerprint density at radius 1 is 1.11 bits per heavy atom. The van der Waals surface area contributed by atoms with Crippen molar-refractivity contribution in [2.45, 2.75) is 20.0 Å². The van der Waals surface area contributed by atoms with E-state index in [4.69, 9.17) is 32.7 Å². The molecule has 0 saturated heterocycles. The minimum absolute atomic E-state index is 0.0627. The molecule has 0 bridgehead atoms. The zero-order valence-electron chi connectivity index (χ0n) is 19.0. The lowest BCUT2D eigenvalue weighted by molar-refractivity contribution is -0.149. The van der Waals surface area contributed by atoms with Crippen LogP contribution >= 0.6 is 23.2 Å². The molecule has 0 radical (unpaired) electrons. The van der Waals surface area contributed by atoms with Gasteiger partial charge in [0.15, 0.2) is 11.6 Å². The van der Waals surface area contributed by atoms with E-state index >= 15 is 0 Å². The van der Waals surface area contributed by atoms with Crippen molar-refractivity contribution in [3.63, 3.8) is 0 Å². The Balaban J connectivity index is 1.49. The van der Waals surface area contributed by atoms with Gasteiger partial charge in [0.2, 0.25) is 6.10 Å². The van der Waals surface area contributed by atoms with Gasteiger partial charge in [-0.25, -0.2) is 4.39 Å². The molecule has 7 heteroatoms. The van der Waals surface area contributed by atoms with Crippen LogP contribution in [0.4, 0.5) is 4.39 Å². The molecule has 1 saturated carbocycles. The predicted molar refractivity (Wildman–Crippen MR) is 133 cm³/mol. The average Bonchev–Trinajstić information content (AvgIpc) is 3.39. The van der Waals surface area contributed by atoms with Crippen molar-refractivity contribution in [1.82, 2.24) is 0 Å². The summed E-state index contributed by atoms with van der Waals surface area (Å²) in [6, 6.07) is 21.7. The Kier molecular flexibility index (Phi) is 7.16. The van der Waals surface area contributed by atoms with Gasteiger partial charge in [-0.2, -0.15) is 5.26 Å². The minimum Gasteiger partial charge on any atom is -0.454 e. The number of halogens is 3. The largest absolute Gasteiger partial charge is 0.454 e. The molecular formula is C28H22Cl2FNO3. The molecule has 0 N–H and O–H groups in total. The van der Waals surface area contributed by atoms with Crippen molar-refractivity contribution >= 4 is 34.2 Å². The highest BCUT2D eigenvalue weighted by molar-refractivity contribution is 6.48. The maximum absolute atomic E-state index is 14.3. The molecule has 35 heavy (non-hydrogen) atoms. The van der Waals surface area contributed by atoms with Crippen LogP contribution in [0.3, 0.4) is 0 Å². The second-order valence-corrected chi connectivity index (χ2v) is 9.74. The van der Waals surface area contributed by atoms with E-state index in [0.29, 0.717) is 21.4 Å². The summed E-state index contributed by atoms with van der Waals surface area (Å²) in [5.41, 5.74) is 0.713. The Hall–Kier alpha value is -3.33. The fourth-order valence-corrected chi connectivity index (χ4v) is 4.42. The van der Waals surface area contributed by atoms with E-state index in [1.165, 1.54) is 18.2 Å². The molecule has 3 aromatic rings. The molecule has 0 spiro atoms. The standard InChI is InChI=1S/C28H22Cl2FNO3/c1-28(2)21(15-22(30)17-8-11-19(29)12-9-17)26(28)27(33)35-25(16-32)18-10-13-23(31)24(14-18)34-20-6-4-3-5-7-20/h3-15,21,25-26H,1-2H3/t21-,25?,26+/m0/s1. The fourth-order valence-electron chi connectivity index (χ4n) is 4.04. The summed E-state index contributed by atoms with van der Waals surface area (Å²) in [6.07, 6.45) is 0.621. The number of nitriles is 1. The van der Waals surface area contributed by atoms with Crippen molar-refractivity contribution in [1.29, 1.82) is 5.26 Å². The summed E-state index contributed by atoms with van der Waals surface area (Å²) in [4.78, 5) is 13.0. The van der Waals surface area contributed by atoms with Gasteiger partial charge in [-0.3, -0.25) is 4.79 Å². The van der Waals surface area contributed by atoms with E-state index < -0.39 is 29.2 Å². The molecule has 4 rings (SSSR count). The third-order valence-electron chi connectivity index (χ3n) is 6.19. The van der Waals surface area contributed by atoms with Crippen LogP contribution in [0, 0.1) is 34.4 Å². The quantitative estimate of drug-likeness (QED) is 0.303. The lowest BCUT2D eigenvalue weighted by Gasteiger charge is -2.14. The van der Waals surface area contributed by atoms with E-state index in [1.54, 1.807) is 48.5 Å². The van der Waals surface area contributed by atoms with Crippen LogP contribution in [-0.2, 0) is 9.53 Å². The molecule has 4 nitrogen and oxygen atoms in total. The Bertz CT molecular complexity index is 1300. The summed E-state index contributed by atoms with van der Waals surface area (Å²) >= 11 is 12.4. The fraction of sp³-hybridized carbons (Fsp3) is 0.214. The molecule has 0 aromatic heterocycles. The van der Waals surface area contributed by atoms with Crippen LogP contribution in [0.1, 0.15) is 31.1 Å². The molecule has 3 aromatic carbocycles. The number of carbonyl (C=O) groups is 1. The van der Waals surface area contributed by atoms with E-state index in [1.807, 2.05) is 32.1 Å². The molecule has 178 valence electrons. The number of nitrogens with zero attached hydrogens (tertiary/aromatic N) is 1. The van der Waals surface area contributed by atoms with Crippen molar-refractivity contribution < 1.29 is 18.7 Å². The molecule has 0 aliphatic heterocycles. The number of allylic oxidation sites excluding steroid dienone is 1. The monoisotopic (exact) mass is 509 g/mol. The van der Waals surface area contributed by atoms with E-state index in [9.17, 15) is 14.4 Å². The summed E-state index contributed by atoms with van der Waals surface area (Å²) in [5.74, 6) is -1.36. The van der Waals surface area contributed by atoms with Gasteiger partial charge >= 0.3 is 5.97 Å². The molecular weight excluding hydrogens is 488 g/mol. The number of hydrogen-bond donors (Lipinski definition) is 0. The summed E-state index contributed by atoms with van der Waals surface area (Å²) in [5, 5.41) is 10.8. The normalized spacial score (nSPS) is 19.4. The SMILES string of the molecule is CC1(C)[C@@H](C=C(Cl)c2ccc(Cl)cc2)[C@@H]1C(=O)OC(C#N)c1ccc(F)c(Oc2ccccc2)c1. The summed E-state index contributed by atoms with van der Waals surface area (Å²) in [7, 11) is 0. The molecule has 0 amide bonds. The van der Waals surface area contributed by atoms with Gasteiger partial charge in [0.05, 0.1) is 5.92 Å². The smallest absolute Gasteiger partial charge is 0.311 e. The first-order valence-electron chi connectivity index (χ1n) is 11.0. The van der Waals surface area contributed by atoms with E-state index in [0.717, 1.165) is 5.56 Å². The number of rotatable bonds is 7. The molecule has 1 unspecified atom stereocenters. The second-order valence-electron chi connectivity index (χ2n) is 8.90. The van der Waals surface area contributed by atoms with Crippen molar-refractivity contribution in [3.8, 4) is 17.6 Å². The van der Waals surface area contributed by atoms with Gasteiger partial charge < -0.3 is 9.47 Å². The van der Waals surface area contributed by atoms with Gasteiger partial charge in [-0.1, -0.05) is 79.5 Å². The molecule has 1 aliphatic carbocycles. The van der Waals surface area contributed by atoms with Gasteiger partial charge in [0.1, 0.15) is 11.8 Å². The number of para-hydroxylation sites is 1. The first-order valence-corrected chi connectivity index (χ1v) is 11.7. The van der Waals surface area contributed by atoms with Crippen LogP contribution < -0.4 is 4.74 Å². The molecule has 1 fully saturated rings. The number of benzene rings is 3. The maximum Gasteiger partial charge on any atom is 0.311 e. The highest BCUT2D eigenvalue weighted by atomic mass is 35.5. The van der Waals surface area contributed by atoms with Crippen LogP contribution in [-0.4, -0.2) is 5.97 Å². The van der Waals surface area contributed by atoms with Gasteiger partial charge in [-0.15, -0.1) is 0 Å². The number of ether oxygens (including phenoxy) is 2. The summed E-state index contributed by atoms with van der Waals surface area (Å²) < 4.78 is 25.5. The molecule has 1 aliphatic rings. The predicted octanol–water partition coefficient (Wildman–Crippen LogP) is 7.93. The van der Waals surface area contributed by atoms with E-state index in [-0.39, 0.29) is 11.7 Å². The number of hydrogen-bond acceptors (Lipinski definition) is 4. The highest BCUT2D eigenvalue weighted by Gasteiger charge is 2.62. The topological polar surface area (TPSA) is 59.3 Å².